The third-order valence-corrected chi connectivity index (χ3v) is 3.15. The molecule has 0 aliphatic rings. The van der Waals surface area contributed by atoms with E-state index in [9.17, 15) is 10.1 Å². The molecule has 0 amide bonds. The van der Waals surface area contributed by atoms with Crippen molar-refractivity contribution in [2.75, 3.05) is 0 Å². The summed E-state index contributed by atoms with van der Waals surface area (Å²) in [6.07, 6.45) is 6.04. The second-order valence-electron chi connectivity index (χ2n) is 4.82. The van der Waals surface area contributed by atoms with Crippen molar-refractivity contribution >= 4 is 11.4 Å². The molecule has 1 heterocycles. The number of unbranched alkanes of at least 4 members (excludes halogenated alkanes) is 1. The van der Waals surface area contributed by atoms with Gasteiger partial charge in [-0.3, -0.25) is 10.1 Å². The van der Waals surface area contributed by atoms with Crippen molar-refractivity contribution in [1.82, 2.24) is 9.13 Å². The van der Waals surface area contributed by atoms with Gasteiger partial charge in [0.2, 0.25) is 5.62 Å². The minimum Gasteiger partial charge on any atom is -0.319 e. The van der Waals surface area contributed by atoms with E-state index >= 15 is 0 Å². The lowest BCUT2D eigenvalue weighted by molar-refractivity contribution is -0.384. The molecule has 0 saturated heterocycles. The van der Waals surface area contributed by atoms with Crippen molar-refractivity contribution in [3.05, 3.63) is 52.4 Å². The molecule has 8 heteroatoms. The number of nitro benzene ring substituents is 1. The fourth-order valence-corrected chi connectivity index (χ4v) is 1.90. The van der Waals surface area contributed by atoms with E-state index in [0.29, 0.717) is 11.3 Å². The number of hydrogen-bond acceptors (Lipinski definition) is 4. The Labute approximate surface area is 127 Å². The molecule has 2 rings (SSSR count). The molecule has 0 bridgehead atoms. The quantitative estimate of drug-likeness (QED) is 0.466. The van der Waals surface area contributed by atoms with Gasteiger partial charge < -0.3 is 9.13 Å². The standard InChI is InChI=1S/C14H18N6O2/c1-3-4-9-19-11-10-18(2)14(19)16-17-15-12-5-7-13(8-6-12)20(21)22/h5-8,10-11H,3-4,9H2,1-2H3/b16-14-,17-15?. The van der Waals surface area contributed by atoms with Crippen molar-refractivity contribution in [2.45, 2.75) is 26.3 Å². The van der Waals surface area contributed by atoms with Crippen LogP contribution >= 0.6 is 0 Å². The zero-order valence-corrected chi connectivity index (χ0v) is 12.6. The van der Waals surface area contributed by atoms with Crippen LogP contribution in [0.2, 0.25) is 0 Å². The van der Waals surface area contributed by atoms with Crippen LogP contribution in [-0.4, -0.2) is 14.1 Å². The number of nitro groups is 1. The lowest BCUT2D eigenvalue weighted by Crippen LogP contribution is -2.23. The van der Waals surface area contributed by atoms with E-state index in [2.05, 4.69) is 22.4 Å². The lowest BCUT2D eigenvalue weighted by atomic mass is 10.3. The highest BCUT2D eigenvalue weighted by molar-refractivity contribution is 5.43. The Bertz CT molecular complexity index is 727. The van der Waals surface area contributed by atoms with E-state index < -0.39 is 4.92 Å². The molecule has 22 heavy (non-hydrogen) atoms. The minimum absolute atomic E-state index is 0.0238. The summed E-state index contributed by atoms with van der Waals surface area (Å²) in [7, 11) is 1.89. The van der Waals surface area contributed by atoms with Crippen molar-refractivity contribution < 1.29 is 4.92 Å². The maximum absolute atomic E-state index is 10.6. The first-order valence-corrected chi connectivity index (χ1v) is 7.02. The van der Waals surface area contributed by atoms with Gasteiger partial charge in [-0.15, -0.1) is 5.11 Å². The smallest absolute Gasteiger partial charge is 0.269 e. The van der Waals surface area contributed by atoms with Crippen LogP contribution in [0.5, 0.6) is 0 Å². The van der Waals surface area contributed by atoms with Gasteiger partial charge in [-0.2, -0.15) is 0 Å². The summed E-state index contributed by atoms with van der Waals surface area (Å²) in [4.78, 5) is 10.1. The van der Waals surface area contributed by atoms with Gasteiger partial charge in [0.05, 0.1) is 10.6 Å². The second kappa shape index (κ2) is 7.30. The van der Waals surface area contributed by atoms with Crippen molar-refractivity contribution in [1.29, 1.82) is 0 Å². The Hall–Kier alpha value is -2.77. The van der Waals surface area contributed by atoms with E-state index in [1.54, 1.807) is 0 Å². The monoisotopic (exact) mass is 302 g/mol. The van der Waals surface area contributed by atoms with Gasteiger partial charge in [0.15, 0.2) is 0 Å². The molecule has 8 nitrogen and oxygen atoms in total. The molecular weight excluding hydrogens is 284 g/mol. The molecule has 1 aromatic heterocycles. The summed E-state index contributed by atoms with van der Waals surface area (Å²) in [6.45, 7) is 3.01. The van der Waals surface area contributed by atoms with Gasteiger partial charge in [-0.05, 0) is 23.8 Å². The topological polar surface area (TPSA) is 90.1 Å². The number of hydrogen-bond donors (Lipinski definition) is 0. The van der Waals surface area contributed by atoms with Crippen LogP contribution in [0, 0.1) is 10.1 Å². The first-order chi connectivity index (χ1) is 10.6. The Morgan fingerprint density at radius 3 is 2.59 bits per heavy atom. The zero-order valence-electron chi connectivity index (χ0n) is 12.6. The van der Waals surface area contributed by atoms with Crippen LogP contribution in [0.15, 0.2) is 52.1 Å². The predicted octanol–water partition coefficient (Wildman–Crippen LogP) is 3.13. The average Bonchev–Trinajstić information content (AvgIpc) is 2.86. The Balaban J connectivity index is 2.17. The van der Waals surface area contributed by atoms with Gasteiger partial charge in [-0.1, -0.05) is 18.4 Å². The number of nitrogens with zero attached hydrogens (tertiary/aromatic N) is 6. The number of benzene rings is 1. The lowest BCUT2D eigenvalue weighted by Gasteiger charge is -2.00. The Morgan fingerprint density at radius 2 is 1.95 bits per heavy atom. The maximum atomic E-state index is 10.6. The van der Waals surface area contributed by atoms with Crippen molar-refractivity contribution in [2.24, 2.45) is 22.5 Å². The molecule has 0 aliphatic carbocycles. The molecule has 0 radical (unpaired) electrons. The summed E-state index contributed by atoms with van der Waals surface area (Å²) >= 11 is 0. The van der Waals surface area contributed by atoms with Gasteiger partial charge in [-0.25, -0.2) is 0 Å². The molecule has 0 aliphatic heterocycles. The molecule has 116 valence electrons. The molecule has 2 aromatic rings. The normalized spacial score (nSPS) is 12.2. The largest absolute Gasteiger partial charge is 0.319 e. The molecular formula is C14H18N6O2. The first-order valence-electron chi connectivity index (χ1n) is 7.02. The zero-order chi connectivity index (χ0) is 15.9. The molecule has 0 atom stereocenters. The minimum atomic E-state index is -0.452. The van der Waals surface area contributed by atoms with Crippen LogP contribution in [-0.2, 0) is 13.6 Å². The molecule has 0 N–H and O–H groups in total. The van der Waals surface area contributed by atoms with Gasteiger partial charge in [0.25, 0.3) is 5.69 Å². The predicted molar refractivity (Wildman–Crippen MR) is 81.5 cm³/mol. The highest BCUT2D eigenvalue weighted by Crippen LogP contribution is 2.17. The molecule has 0 saturated carbocycles. The van der Waals surface area contributed by atoms with Crippen LogP contribution < -0.4 is 5.62 Å². The van der Waals surface area contributed by atoms with Gasteiger partial charge in [0, 0.05) is 38.1 Å². The van der Waals surface area contributed by atoms with E-state index in [1.807, 2.05) is 28.6 Å². The number of aromatic nitrogens is 2. The highest BCUT2D eigenvalue weighted by Gasteiger charge is 2.03. The number of imidazole rings is 1. The third kappa shape index (κ3) is 3.87. The van der Waals surface area contributed by atoms with Gasteiger partial charge in [0.1, 0.15) is 0 Å². The number of non-ortho nitro benzene ring substituents is 1. The molecule has 0 fully saturated rings. The number of aryl methyl sites for hydroxylation is 2. The SMILES string of the molecule is CCCCn1ccn(C)/c1=N/N=Nc1ccc([N+](=O)[O-])cc1. The molecule has 0 spiro atoms. The summed E-state index contributed by atoms with van der Waals surface area (Å²) in [5.74, 6) is 0. The van der Waals surface area contributed by atoms with Crippen LogP contribution in [0.4, 0.5) is 11.4 Å². The van der Waals surface area contributed by atoms with Crippen LogP contribution in [0.25, 0.3) is 0 Å². The molecule has 0 unspecified atom stereocenters. The fourth-order valence-electron chi connectivity index (χ4n) is 1.90. The summed E-state index contributed by atoms with van der Waals surface area (Å²) in [6, 6.07) is 5.84. The maximum Gasteiger partial charge on any atom is 0.269 e. The van der Waals surface area contributed by atoms with E-state index in [4.69, 9.17) is 0 Å². The Morgan fingerprint density at radius 1 is 1.23 bits per heavy atom. The summed E-state index contributed by atoms with van der Waals surface area (Å²) in [5.41, 5.74) is 1.25. The average molecular weight is 302 g/mol. The first kappa shape index (κ1) is 15.6. The van der Waals surface area contributed by atoms with Crippen molar-refractivity contribution in [3.8, 4) is 0 Å². The Kier molecular flexibility index (Phi) is 5.18. The highest BCUT2D eigenvalue weighted by atomic mass is 16.6. The third-order valence-electron chi connectivity index (χ3n) is 3.15. The van der Waals surface area contributed by atoms with Gasteiger partial charge >= 0.3 is 0 Å². The van der Waals surface area contributed by atoms with E-state index in [1.165, 1.54) is 24.3 Å². The summed E-state index contributed by atoms with van der Waals surface area (Å²) in [5, 5.41) is 22.5. The summed E-state index contributed by atoms with van der Waals surface area (Å²) < 4.78 is 3.88. The second-order valence-corrected chi connectivity index (χ2v) is 4.82. The van der Waals surface area contributed by atoms with E-state index in [0.717, 1.165) is 19.4 Å². The number of rotatable bonds is 6. The fraction of sp³-hybridized carbons (Fsp3) is 0.357. The van der Waals surface area contributed by atoms with Crippen LogP contribution in [0.1, 0.15) is 19.8 Å². The van der Waals surface area contributed by atoms with Crippen LogP contribution in [0.3, 0.4) is 0 Å². The molecule has 1 aromatic carbocycles. The van der Waals surface area contributed by atoms with Crippen molar-refractivity contribution in [3.63, 3.8) is 0 Å². The van der Waals surface area contributed by atoms with E-state index in [-0.39, 0.29) is 5.69 Å².